The smallest absolute Gasteiger partial charge is 0.342 e. The number of phenols is 2. The van der Waals surface area contributed by atoms with E-state index in [0.29, 0.717) is 12.1 Å². The summed E-state index contributed by atoms with van der Waals surface area (Å²) in [5.74, 6) is -1.68. The zero-order valence-electron chi connectivity index (χ0n) is 19.2. The van der Waals surface area contributed by atoms with E-state index in [4.69, 9.17) is 21.2 Å². The van der Waals surface area contributed by atoms with Crippen molar-refractivity contribution in [2.45, 2.75) is 51.4 Å². The fourth-order valence-corrected chi connectivity index (χ4v) is 4.12. The molecule has 1 amide bonds. The van der Waals surface area contributed by atoms with Crippen molar-refractivity contribution in [1.29, 1.82) is 0 Å². The van der Waals surface area contributed by atoms with E-state index < -0.39 is 11.7 Å². The molecule has 2 aliphatic rings. The molecule has 9 heteroatoms. The molecule has 1 fully saturated rings. The zero-order chi connectivity index (χ0) is 24.3. The van der Waals surface area contributed by atoms with E-state index in [-0.39, 0.29) is 47.4 Å². The van der Waals surface area contributed by atoms with Crippen LogP contribution in [0.5, 0.6) is 11.5 Å². The lowest BCUT2D eigenvalue weighted by atomic mass is 9.99. The number of fused-ring (bicyclic) bond motifs is 1. The first-order valence-corrected chi connectivity index (χ1v) is 12.0. The number of carbonyl (C=O) groups excluding carboxylic acids is 2. The standard InChI is InChI=1S/C25H31ClN2O6/c26-24-19-15-18(27-34-17-22(31)28-12-8-4-5-9-13-28)11-7-3-1-2-6-10-14-33-25(32)23(19)20(29)16-21(24)30/h2,6-7,11,16,29-30H,1,3-5,8-10,12-15,17H2/b6-2+,11-7+,27-18+. The molecule has 0 atom stereocenters. The lowest BCUT2D eigenvalue weighted by molar-refractivity contribution is -0.136. The highest BCUT2D eigenvalue weighted by Gasteiger charge is 2.24. The molecule has 2 heterocycles. The predicted octanol–water partition coefficient (Wildman–Crippen LogP) is 4.52. The van der Waals surface area contributed by atoms with E-state index in [1.54, 1.807) is 11.0 Å². The summed E-state index contributed by atoms with van der Waals surface area (Å²) in [5, 5.41) is 24.5. The number of allylic oxidation sites excluding steroid dienone is 3. The van der Waals surface area contributed by atoms with Gasteiger partial charge in [-0.25, -0.2) is 4.79 Å². The van der Waals surface area contributed by atoms with Crippen LogP contribution in [0.15, 0.2) is 35.5 Å². The lowest BCUT2D eigenvalue weighted by Crippen LogP contribution is -2.34. The van der Waals surface area contributed by atoms with Crippen LogP contribution in [0.2, 0.25) is 5.02 Å². The van der Waals surface area contributed by atoms with Gasteiger partial charge in [0.05, 0.1) is 17.3 Å². The first kappa shape index (κ1) is 25.6. The number of likely N-dealkylation sites (tertiary alicyclic amines) is 1. The van der Waals surface area contributed by atoms with Gasteiger partial charge in [-0.15, -0.1) is 0 Å². The topological polar surface area (TPSA) is 109 Å². The van der Waals surface area contributed by atoms with Crippen LogP contribution in [0.25, 0.3) is 0 Å². The van der Waals surface area contributed by atoms with E-state index >= 15 is 0 Å². The van der Waals surface area contributed by atoms with Crippen LogP contribution in [0.4, 0.5) is 0 Å². The molecule has 3 rings (SSSR count). The van der Waals surface area contributed by atoms with Crippen molar-refractivity contribution >= 4 is 29.2 Å². The van der Waals surface area contributed by atoms with Gasteiger partial charge in [0.1, 0.15) is 17.1 Å². The number of halogens is 1. The number of benzene rings is 1. The maximum Gasteiger partial charge on any atom is 0.342 e. The average Bonchev–Trinajstić information content (AvgIpc) is 3.10. The van der Waals surface area contributed by atoms with Gasteiger partial charge in [0.25, 0.3) is 5.91 Å². The first-order chi connectivity index (χ1) is 16.5. The molecule has 0 bridgehead atoms. The summed E-state index contributed by atoms with van der Waals surface area (Å²) in [6, 6.07) is 1.01. The fraction of sp³-hybridized carbons (Fsp3) is 0.480. The van der Waals surface area contributed by atoms with E-state index in [2.05, 4.69) is 5.16 Å². The molecule has 0 aromatic heterocycles. The second kappa shape index (κ2) is 13.0. The van der Waals surface area contributed by atoms with Gasteiger partial charge in [-0.05, 0) is 43.7 Å². The molecule has 0 radical (unpaired) electrons. The van der Waals surface area contributed by atoms with Gasteiger partial charge < -0.3 is 24.7 Å². The van der Waals surface area contributed by atoms with Gasteiger partial charge in [-0.3, -0.25) is 4.79 Å². The summed E-state index contributed by atoms with van der Waals surface area (Å²) in [6.45, 7) is 1.38. The molecule has 2 N–H and O–H groups in total. The Kier molecular flexibility index (Phi) is 9.82. The molecular weight excluding hydrogens is 460 g/mol. The fourth-order valence-electron chi connectivity index (χ4n) is 3.90. The summed E-state index contributed by atoms with van der Waals surface area (Å²) < 4.78 is 5.28. The maximum absolute atomic E-state index is 12.7. The summed E-state index contributed by atoms with van der Waals surface area (Å²) in [5.41, 5.74) is 0.416. The third kappa shape index (κ3) is 7.25. The maximum atomic E-state index is 12.7. The minimum atomic E-state index is -0.750. The number of hydrogen-bond acceptors (Lipinski definition) is 7. The normalized spacial score (nSPS) is 21.0. The Morgan fingerprint density at radius 3 is 2.53 bits per heavy atom. The Hall–Kier alpha value is -3.00. The van der Waals surface area contributed by atoms with E-state index in [9.17, 15) is 19.8 Å². The highest BCUT2D eigenvalue weighted by atomic mass is 35.5. The lowest BCUT2D eigenvalue weighted by Gasteiger charge is -2.19. The molecule has 1 aromatic rings. The van der Waals surface area contributed by atoms with Crippen molar-refractivity contribution in [3.8, 4) is 11.5 Å². The highest BCUT2D eigenvalue weighted by Crippen LogP contribution is 2.37. The number of hydrogen-bond donors (Lipinski definition) is 2. The molecule has 2 aliphatic heterocycles. The molecule has 0 unspecified atom stereocenters. The number of rotatable bonds is 3. The van der Waals surface area contributed by atoms with E-state index in [1.807, 2.05) is 18.2 Å². The van der Waals surface area contributed by atoms with Gasteiger partial charge in [0.2, 0.25) is 0 Å². The van der Waals surface area contributed by atoms with Crippen LogP contribution in [-0.4, -0.2) is 59.0 Å². The number of phenolic OH excluding ortho intramolecular Hbond substituents is 2. The largest absolute Gasteiger partial charge is 0.507 e. The van der Waals surface area contributed by atoms with Crippen LogP contribution < -0.4 is 0 Å². The summed E-state index contributed by atoms with van der Waals surface area (Å²) in [4.78, 5) is 32.4. The first-order valence-electron chi connectivity index (χ1n) is 11.7. The summed E-state index contributed by atoms with van der Waals surface area (Å²) in [6.07, 6.45) is 13.8. The number of cyclic esters (lactones) is 1. The number of amides is 1. The highest BCUT2D eigenvalue weighted by molar-refractivity contribution is 6.33. The summed E-state index contributed by atoms with van der Waals surface area (Å²) >= 11 is 6.31. The molecule has 0 saturated carbocycles. The Balaban J connectivity index is 1.84. The Labute approximate surface area is 204 Å². The molecule has 1 aromatic carbocycles. The van der Waals surface area contributed by atoms with Crippen LogP contribution in [0.1, 0.15) is 60.9 Å². The third-order valence-corrected chi connectivity index (χ3v) is 6.13. The van der Waals surface area contributed by atoms with Crippen LogP contribution in [-0.2, 0) is 20.8 Å². The molecule has 0 aliphatic carbocycles. The van der Waals surface area contributed by atoms with Gasteiger partial charge in [-0.2, -0.15) is 0 Å². The number of oxime groups is 1. The number of nitrogens with zero attached hydrogens (tertiary/aromatic N) is 2. The van der Waals surface area contributed by atoms with Crippen LogP contribution >= 0.6 is 11.6 Å². The number of aromatic hydroxyl groups is 2. The Morgan fingerprint density at radius 2 is 1.76 bits per heavy atom. The summed E-state index contributed by atoms with van der Waals surface area (Å²) in [7, 11) is 0. The second-order valence-electron chi connectivity index (χ2n) is 8.29. The van der Waals surface area contributed by atoms with E-state index in [0.717, 1.165) is 57.7 Å². The molecular formula is C25H31ClN2O6. The number of esters is 1. The van der Waals surface area contributed by atoms with Crippen molar-refractivity contribution in [2.24, 2.45) is 5.16 Å². The van der Waals surface area contributed by atoms with Crippen molar-refractivity contribution in [3.63, 3.8) is 0 Å². The van der Waals surface area contributed by atoms with Gasteiger partial charge in [0, 0.05) is 25.6 Å². The minimum Gasteiger partial charge on any atom is -0.507 e. The van der Waals surface area contributed by atoms with Gasteiger partial charge in [-0.1, -0.05) is 47.8 Å². The molecule has 8 nitrogen and oxygen atoms in total. The molecule has 184 valence electrons. The van der Waals surface area contributed by atoms with Crippen molar-refractivity contribution in [2.75, 3.05) is 26.3 Å². The van der Waals surface area contributed by atoms with Crippen molar-refractivity contribution in [3.05, 3.63) is 46.5 Å². The van der Waals surface area contributed by atoms with Crippen LogP contribution in [0.3, 0.4) is 0 Å². The molecule has 1 saturated heterocycles. The van der Waals surface area contributed by atoms with Crippen molar-refractivity contribution in [1.82, 2.24) is 4.90 Å². The van der Waals surface area contributed by atoms with Gasteiger partial charge in [0.15, 0.2) is 6.61 Å². The Bertz CT molecular complexity index is 965. The zero-order valence-corrected chi connectivity index (χ0v) is 19.9. The quantitative estimate of drug-likeness (QED) is 0.366. The average molecular weight is 491 g/mol. The predicted molar refractivity (Wildman–Crippen MR) is 129 cm³/mol. The minimum absolute atomic E-state index is 0.0184. The van der Waals surface area contributed by atoms with Gasteiger partial charge >= 0.3 is 5.97 Å². The third-order valence-electron chi connectivity index (χ3n) is 5.71. The molecule has 34 heavy (non-hydrogen) atoms. The number of carbonyl (C=O) groups is 2. The monoisotopic (exact) mass is 490 g/mol. The van der Waals surface area contributed by atoms with Crippen LogP contribution in [0, 0.1) is 0 Å². The SMILES string of the molecule is O=C1OCC/C=C/CC/C=C/C(=N\OCC(=O)N2CCCCCC2)Cc2c(Cl)c(O)cc(O)c21. The number of ether oxygens (including phenoxy) is 1. The second-order valence-corrected chi connectivity index (χ2v) is 8.66. The molecule has 0 spiro atoms. The van der Waals surface area contributed by atoms with Crippen molar-refractivity contribution < 1.29 is 29.4 Å². The Morgan fingerprint density at radius 1 is 1.06 bits per heavy atom. The van der Waals surface area contributed by atoms with E-state index in [1.165, 1.54) is 0 Å².